The van der Waals surface area contributed by atoms with E-state index < -0.39 is 0 Å². The lowest BCUT2D eigenvalue weighted by atomic mass is 9.89. The number of aryl methyl sites for hydroxylation is 3. The van der Waals surface area contributed by atoms with E-state index in [0.717, 1.165) is 35.4 Å². The van der Waals surface area contributed by atoms with Crippen LogP contribution in [0, 0.1) is 26.7 Å². The number of benzene rings is 1. The lowest BCUT2D eigenvalue weighted by Crippen LogP contribution is -2.28. The van der Waals surface area contributed by atoms with Gasteiger partial charge in [-0.2, -0.15) is 5.10 Å². The number of carbonyl (C=O) groups excluding carboxylic acids is 1. The lowest BCUT2D eigenvalue weighted by Gasteiger charge is -2.19. The first-order chi connectivity index (χ1) is 10.5. The monoisotopic (exact) mass is 301 g/mol. The SMILES string of the molecule is Cc1cc(C)c(NCC(=O)N/N=C2/CCC[C@@H](C)C2)c(C)c1. The molecule has 1 aliphatic carbocycles. The first-order valence-electron chi connectivity index (χ1n) is 8.11. The Morgan fingerprint density at radius 2 is 1.95 bits per heavy atom. The highest BCUT2D eigenvalue weighted by atomic mass is 16.2. The van der Waals surface area contributed by atoms with Crippen LogP contribution in [0.3, 0.4) is 0 Å². The van der Waals surface area contributed by atoms with Crippen LogP contribution in [0.1, 0.15) is 49.3 Å². The number of hydrogen-bond acceptors (Lipinski definition) is 3. The maximum Gasteiger partial charge on any atom is 0.259 e. The molecule has 0 saturated heterocycles. The second-order valence-electron chi connectivity index (χ2n) is 6.54. The number of hydrazone groups is 1. The number of amides is 1. The summed E-state index contributed by atoms with van der Waals surface area (Å²) in [7, 11) is 0. The number of nitrogens with one attached hydrogen (secondary N) is 2. The molecule has 22 heavy (non-hydrogen) atoms. The summed E-state index contributed by atoms with van der Waals surface area (Å²) in [5.74, 6) is 0.588. The van der Waals surface area contributed by atoms with Gasteiger partial charge in [-0.3, -0.25) is 4.79 Å². The molecule has 0 bridgehead atoms. The summed E-state index contributed by atoms with van der Waals surface area (Å²) in [5, 5.41) is 7.51. The van der Waals surface area contributed by atoms with Crippen molar-refractivity contribution in [2.45, 2.75) is 53.4 Å². The largest absolute Gasteiger partial charge is 0.376 e. The third-order valence-corrected chi connectivity index (χ3v) is 4.19. The molecule has 0 heterocycles. The summed E-state index contributed by atoms with van der Waals surface area (Å²) >= 11 is 0. The number of anilines is 1. The Balaban J connectivity index is 1.87. The Bertz CT molecular complexity index is 555. The van der Waals surface area contributed by atoms with Gasteiger partial charge in [0.15, 0.2) is 0 Å². The summed E-state index contributed by atoms with van der Waals surface area (Å²) in [5.41, 5.74) is 8.41. The van der Waals surface area contributed by atoms with Crippen molar-refractivity contribution in [3.63, 3.8) is 0 Å². The van der Waals surface area contributed by atoms with Gasteiger partial charge in [-0.25, -0.2) is 5.43 Å². The summed E-state index contributed by atoms with van der Waals surface area (Å²) in [6.45, 7) is 8.68. The average Bonchev–Trinajstić information content (AvgIpc) is 2.44. The quantitative estimate of drug-likeness (QED) is 0.833. The van der Waals surface area contributed by atoms with E-state index in [2.05, 4.69) is 55.7 Å². The van der Waals surface area contributed by atoms with Crippen LogP contribution in [0.25, 0.3) is 0 Å². The highest BCUT2D eigenvalue weighted by Crippen LogP contribution is 2.22. The standard InChI is InChI=1S/C18H27N3O/c1-12-6-5-7-16(10-12)20-21-17(22)11-19-18-14(3)8-13(2)9-15(18)4/h8-9,12,19H,5-7,10-11H2,1-4H3,(H,21,22)/b20-16-/t12-/m1/s1. The van der Waals surface area contributed by atoms with Crippen molar-refractivity contribution in [3.05, 3.63) is 28.8 Å². The number of rotatable bonds is 4. The second-order valence-corrected chi connectivity index (χ2v) is 6.54. The fourth-order valence-corrected chi connectivity index (χ4v) is 3.17. The molecule has 1 saturated carbocycles. The van der Waals surface area contributed by atoms with E-state index in [9.17, 15) is 4.79 Å². The Kier molecular flexibility index (Phi) is 5.58. The van der Waals surface area contributed by atoms with Crippen molar-refractivity contribution >= 4 is 17.3 Å². The molecular formula is C18H27N3O. The highest BCUT2D eigenvalue weighted by molar-refractivity contribution is 5.88. The summed E-state index contributed by atoms with van der Waals surface area (Å²) < 4.78 is 0. The normalized spacial score (nSPS) is 20.0. The van der Waals surface area contributed by atoms with E-state index in [0.29, 0.717) is 5.92 Å². The molecule has 0 radical (unpaired) electrons. The summed E-state index contributed by atoms with van der Waals surface area (Å²) in [6, 6.07) is 4.24. The molecule has 2 N–H and O–H groups in total. The Morgan fingerprint density at radius 1 is 1.27 bits per heavy atom. The molecular weight excluding hydrogens is 274 g/mol. The lowest BCUT2D eigenvalue weighted by molar-refractivity contribution is -0.119. The van der Waals surface area contributed by atoms with Crippen molar-refractivity contribution in [1.82, 2.24) is 5.43 Å². The van der Waals surface area contributed by atoms with Crippen molar-refractivity contribution in [2.75, 3.05) is 11.9 Å². The first kappa shape index (κ1) is 16.5. The zero-order chi connectivity index (χ0) is 16.1. The van der Waals surface area contributed by atoms with E-state index in [1.165, 1.54) is 18.4 Å². The number of hydrogen-bond donors (Lipinski definition) is 2. The van der Waals surface area contributed by atoms with E-state index in [4.69, 9.17) is 0 Å². The maximum atomic E-state index is 11.9. The minimum absolute atomic E-state index is 0.0925. The van der Waals surface area contributed by atoms with Gasteiger partial charge < -0.3 is 5.32 Å². The van der Waals surface area contributed by atoms with Gasteiger partial charge in [0.2, 0.25) is 0 Å². The van der Waals surface area contributed by atoms with Crippen LogP contribution in [0.4, 0.5) is 5.69 Å². The summed E-state index contributed by atoms with van der Waals surface area (Å²) in [6.07, 6.45) is 4.45. The molecule has 1 fully saturated rings. The fourth-order valence-electron chi connectivity index (χ4n) is 3.17. The minimum Gasteiger partial charge on any atom is -0.376 e. The van der Waals surface area contributed by atoms with Gasteiger partial charge in [0.05, 0.1) is 6.54 Å². The van der Waals surface area contributed by atoms with Crippen LogP contribution < -0.4 is 10.7 Å². The third kappa shape index (κ3) is 4.58. The Labute approximate surface area is 133 Å². The van der Waals surface area contributed by atoms with Crippen molar-refractivity contribution < 1.29 is 4.79 Å². The summed E-state index contributed by atoms with van der Waals surface area (Å²) in [4.78, 5) is 11.9. The van der Waals surface area contributed by atoms with Gasteiger partial charge >= 0.3 is 0 Å². The zero-order valence-corrected chi connectivity index (χ0v) is 14.1. The molecule has 4 nitrogen and oxygen atoms in total. The molecule has 0 spiro atoms. The van der Waals surface area contributed by atoms with Crippen LogP contribution >= 0.6 is 0 Å². The molecule has 0 unspecified atom stereocenters. The van der Waals surface area contributed by atoms with Gasteiger partial charge in [-0.1, -0.05) is 24.6 Å². The Morgan fingerprint density at radius 3 is 2.59 bits per heavy atom. The molecule has 0 aromatic heterocycles. The highest BCUT2D eigenvalue weighted by Gasteiger charge is 2.14. The van der Waals surface area contributed by atoms with E-state index >= 15 is 0 Å². The predicted octanol–water partition coefficient (Wildman–Crippen LogP) is 3.71. The third-order valence-electron chi connectivity index (χ3n) is 4.19. The van der Waals surface area contributed by atoms with Crippen molar-refractivity contribution in [2.24, 2.45) is 11.0 Å². The molecule has 0 aliphatic heterocycles. The van der Waals surface area contributed by atoms with E-state index in [1.807, 2.05) is 0 Å². The second kappa shape index (κ2) is 7.43. The van der Waals surface area contributed by atoms with Gasteiger partial charge in [0, 0.05) is 11.4 Å². The predicted molar refractivity (Wildman–Crippen MR) is 92.4 cm³/mol. The van der Waals surface area contributed by atoms with Gasteiger partial charge in [0.25, 0.3) is 5.91 Å². The van der Waals surface area contributed by atoms with Gasteiger partial charge in [0.1, 0.15) is 0 Å². The van der Waals surface area contributed by atoms with Crippen LogP contribution in [-0.2, 0) is 4.79 Å². The number of carbonyl (C=O) groups is 1. The number of nitrogens with zero attached hydrogens (tertiary/aromatic N) is 1. The Hall–Kier alpha value is -1.84. The molecule has 120 valence electrons. The fraction of sp³-hybridized carbons (Fsp3) is 0.556. The molecule has 1 amide bonds. The molecule has 2 rings (SSSR count). The maximum absolute atomic E-state index is 11.9. The van der Waals surface area contributed by atoms with E-state index in [1.54, 1.807) is 0 Å². The van der Waals surface area contributed by atoms with Crippen molar-refractivity contribution in [1.29, 1.82) is 0 Å². The topological polar surface area (TPSA) is 53.5 Å². The van der Waals surface area contributed by atoms with Crippen LogP contribution in [0.2, 0.25) is 0 Å². The minimum atomic E-state index is -0.0925. The van der Waals surface area contributed by atoms with Gasteiger partial charge in [-0.15, -0.1) is 0 Å². The molecule has 4 heteroatoms. The van der Waals surface area contributed by atoms with Crippen LogP contribution in [0.5, 0.6) is 0 Å². The first-order valence-corrected chi connectivity index (χ1v) is 8.11. The van der Waals surface area contributed by atoms with Crippen molar-refractivity contribution in [3.8, 4) is 0 Å². The van der Waals surface area contributed by atoms with Crippen LogP contribution in [0.15, 0.2) is 17.2 Å². The molecule has 1 atom stereocenters. The molecule has 1 aromatic rings. The molecule has 1 aliphatic rings. The molecule has 1 aromatic carbocycles. The van der Waals surface area contributed by atoms with Gasteiger partial charge in [-0.05, 0) is 63.5 Å². The average molecular weight is 301 g/mol. The van der Waals surface area contributed by atoms with Crippen LogP contribution in [-0.4, -0.2) is 18.2 Å². The smallest absolute Gasteiger partial charge is 0.259 e. The zero-order valence-electron chi connectivity index (χ0n) is 14.1. The van der Waals surface area contributed by atoms with E-state index in [-0.39, 0.29) is 12.5 Å².